The third kappa shape index (κ3) is 2.99. The second-order valence-electron chi connectivity index (χ2n) is 3.78. The zero-order valence-electron chi connectivity index (χ0n) is 9.51. The van der Waals surface area contributed by atoms with Crippen molar-refractivity contribution >= 4 is 23.5 Å². The number of carbonyl (C=O) groups is 1. The zero-order chi connectivity index (χ0) is 13.0. The Morgan fingerprint density at radius 3 is 2.22 bits per heavy atom. The molecule has 0 spiro atoms. The molecular formula is C15H11ClO2. The van der Waals surface area contributed by atoms with Crippen LogP contribution in [0.25, 0.3) is 6.08 Å². The lowest BCUT2D eigenvalue weighted by Crippen LogP contribution is -1.98. The Balaban J connectivity index is 2.23. The zero-order valence-corrected chi connectivity index (χ0v) is 10.3. The van der Waals surface area contributed by atoms with Gasteiger partial charge in [-0.25, -0.2) is 0 Å². The number of hydrogen-bond acceptors (Lipinski definition) is 2. The predicted octanol–water partition coefficient (Wildman–Crippen LogP) is 3.85. The van der Waals surface area contributed by atoms with Gasteiger partial charge in [0.2, 0.25) is 5.78 Å². The van der Waals surface area contributed by atoms with E-state index in [-0.39, 0.29) is 16.6 Å². The van der Waals surface area contributed by atoms with Gasteiger partial charge >= 0.3 is 0 Å². The molecule has 2 aromatic carbocycles. The Morgan fingerprint density at radius 1 is 1.00 bits per heavy atom. The Morgan fingerprint density at radius 2 is 1.61 bits per heavy atom. The van der Waals surface area contributed by atoms with Crippen molar-refractivity contribution in [2.24, 2.45) is 0 Å². The molecule has 0 unspecified atom stereocenters. The molecule has 0 atom stereocenters. The van der Waals surface area contributed by atoms with E-state index >= 15 is 0 Å². The fourth-order valence-corrected chi connectivity index (χ4v) is 1.74. The van der Waals surface area contributed by atoms with Crippen molar-refractivity contribution in [2.45, 2.75) is 0 Å². The number of rotatable bonds is 3. The number of carbonyl (C=O) groups excluding carboxylic acids is 1. The number of hydrogen-bond donors (Lipinski definition) is 1. The molecule has 90 valence electrons. The number of Topliss-reactive ketones (excluding diaryl/α,β-unsaturated/α-hetero) is 1. The first-order valence-corrected chi connectivity index (χ1v) is 5.80. The summed E-state index contributed by atoms with van der Waals surface area (Å²) < 4.78 is 0. The van der Waals surface area contributed by atoms with E-state index in [1.807, 2.05) is 6.07 Å². The number of allylic oxidation sites excluding steroid dienone is 1. The highest BCUT2D eigenvalue weighted by atomic mass is 35.5. The Labute approximate surface area is 110 Å². The maximum Gasteiger partial charge on any atom is 0.204 e. The van der Waals surface area contributed by atoms with Crippen molar-refractivity contribution in [1.29, 1.82) is 0 Å². The van der Waals surface area contributed by atoms with Gasteiger partial charge in [0.15, 0.2) is 0 Å². The molecule has 0 saturated heterocycles. The SMILES string of the molecule is O=C(/C(Cl)=C\c1ccc(O)cc1)c1ccccc1. The number of phenols is 1. The third-order valence-corrected chi connectivity index (χ3v) is 2.72. The maximum atomic E-state index is 12.0. The van der Waals surface area contributed by atoms with E-state index in [1.165, 1.54) is 0 Å². The summed E-state index contributed by atoms with van der Waals surface area (Å²) >= 11 is 5.99. The minimum absolute atomic E-state index is 0.145. The van der Waals surface area contributed by atoms with E-state index in [9.17, 15) is 4.79 Å². The predicted molar refractivity (Wildman–Crippen MR) is 72.7 cm³/mol. The van der Waals surface area contributed by atoms with Crippen LogP contribution in [0, 0.1) is 0 Å². The van der Waals surface area contributed by atoms with Gasteiger partial charge in [-0.2, -0.15) is 0 Å². The molecule has 1 N–H and O–H groups in total. The summed E-state index contributed by atoms with van der Waals surface area (Å²) in [6.45, 7) is 0. The van der Waals surface area contributed by atoms with E-state index in [0.717, 1.165) is 5.56 Å². The van der Waals surface area contributed by atoms with Crippen molar-refractivity contribution in [3.05, 3.63) is 70.8 Å². The molecular weight excluding hydrogens is 248 g/mol. The van der Waals surface area contributed by atoms with Gasteiger partial charge in [0.05, 0.1) is 5.03 Å². The Bertz CT molecular complexity index is 571. The van der Waals surface area contributed by atoms with E-state index in [1.54, 1.807) is 54.6 Å². The van der Waals surface area contributed by atoms with Crippen LogP contribution in [0.1, 0.15) is 15.9 Å². The van der Waals surface area contributed by atoms with Gasteiger partial charge in [0, 0.05) is 5.56 Å². The highest BCUT2D eigenvalue weighted by Crippen LogP contribution is 2.17. The number of aromatic hydroxyl groups is 1. The molecule has 18 heavy (non-hydrogen) atoms. The average Bonchev–Trinajstić information content (AvgIpc) is 2.41. The molecule has 2 rings (SSSR count). The summed E-state index contributed by atoms with van der Waals surface area (Å²) in [7, 11) is 0. The van der Waals surface area contributed by atoms with Crippen molar-refractivity contribution in [2.75, 3.05) is 0 Å². The van der Waals surface area contributed by atoms with Crippen LogP contribution in [0.4, 0.5) is 0 Å². The molecule has 0 aliphatic rings. The molecule has 0 saturated carbocycles. The highest BCUT2D eigenvalue weighted by Gasteiger charge is 2.09. The van der Waals surface area contributed by atoms with Gasteiger partial charge in [0.1, 0.15) is 5.75 Å². The minimum atomic E-state index is -0.217. The second kappa shape index (κ2) is 5.52. The quantitative estimate of drug-likeness (QED) is 0.671. The third-order valence-electron chi connectivity index (χ3n) is 2.44. The van der Waals surface area contributed by atoms with Gasteiger partial charge in [-0.1, -0.05) is 54.1 Å². The van der Waals surface area contributed by atoms with Crippen LogP contribution in [0.2, 0.25) is 0 Å². The molecule has 0 aliphatic carbocycles. The second-order valence-corrected chi connectivity index (χ2v) is 4.19. The standard InChI is InChI=1S/C15H11ClO2/c16-14(10-11-6-8-13(17)9-7-11)15(18)12-4-2-1-3-5-12/h1-10,17H/b14-10+. The summed E-state index contributed by atoms with van der Waals surface area (Å²) in [5.41, 5.74) is 1.32. The smallest absolute Gasteiger partial charge is 0.204 e. The average molecular weight is 259 g/mol. The van der Waals surface area contributed by atoms with E-state index in [0.29, 0.717) is 5.56 Å². The van der Waals surface area contributed by atoms with Crippen LogP contribution in [-0.2, 0) is 0 Å². The molecule has 3 heteroatoms. The van der Waals surface area contributed by atoms with Crippen molar-refractivity contribution in [3.8, 4) is 5.75 Å². The highest BCUT2D eigenvalue weighted by molar-refractivity contribution is 6.47. The maximum absolute atomic E-state index is 12.0. The monoisotopic (exact) mass is 258 g/mol. The normalized spacial score (nSPS) is 11.3. The molecule has 2 aromatic rings. The van der Waals surface area contributed by atoms with Crippen LogP contribution < -0.4 is 0 Å². The first kappa shape index (κ1) is 12.4. The Hall–Kier alpha value is -2.06. The molecule has 0 radical (unpaired) electrons. The molecule has 0 aromatic heterocycles. The largest absolute Gasteiger partial charge is 0.508 e. The molecule has 2 nitrogen and oxygen atoms in total. The van der Waals surface area contributed by atoms with Gasteiger partial charge in [-0.05, 0) is 23.8 Å². The lowest BCUT2D eigenvalue weighted by Gasteiger charge is -2.00. The minimum Gasteiger partial charge on any atom is -0.508 e. The van der Waals surface area contributed by atoms with Crippen LogP contribution in [0.15, 0.2) is 59.6 Å². The lowest BCUT2D eigenvalue weighted by molar-refractivity contribution is 0.104. The molecule has 0 aliphatic heterocycles. The van der Waals surface area contributed by atoms with Crippen molar-refractivity contribution in [1.82, 2.24) is 0 Å². The number of phenolic OH excluding ortho intramolecular Hbond substituents is 1. The number of ketones is 1. The fraction of sp³-hybridized carbons (Fsp3) is 0. The molecule has 0 amide bonds. The summed E-state index contributed by atoms with van der Waals surface area (Å²) in [5, 5.41) is 9.30. The van der Waals surface area contributed by atoms with E-state index < -0.39 is 0 Å². The van der Waals surface area contributed by atoms with E-state index in [2.05, 4.69) is 0 Å². The van der Waals surface area contributed by atoms with Gasteiger partial charge < -0.3 is 5.11 Å². The lowest BCUT2D eigenvalue weighted by atomic mass is 10.1. The number of benzene rings is 2. The summed E-state index contributed by atoms with van der Waals surface area (Å²) in [4.78, 5) is 12.0. The fourth-order valence-electron chi connectivity index (χ4n) is 1.51. The molecule has 0 bridgehead atoms. The van der Waals surface area contributed by atoms with Crippen LogP contribution >= 0.6 is 11.6 Å². The topological polar surface area (TPSA) is 37.3 Å². The summed E-state index contributed by atoms with van der Waals surface area (Å²) in [5.74, 6) is -0.0389. The molecule has 0 fully saturated rings. The van der Waals surface area contributed by atoms with Crippen molar-refractivity contribution in [3.63, 3.8) is 0 Å². The van der Waals surface area contributed by atoms with Gasteiger partial charge in [-0.15, -0.1) is 0 Å². The number of halogens is 1. The first-order chi connectivity index (χ1) is 8.66. The van der Waals surface area contributed by atoms with Gasteiger partial charge in [-0.3, -0.25) is 4.79 Å². The van der Waals surface area contributed by atoms with Crippen LogP contribution in [-0.4, -0.2) is 10.9 Å². The first-order valence-electron chi connectivity index (χ1n) is 5.43. The van der Waals surface area contributed by atoms with E-state index in [4.69, 9.17) is 16.7 Å². The van der Waals surface area contributed by atoms with Gasteiger partial charge in [0.25, 0.3) is 0 Å². The summed E-state index contributed by atoms with van der Waals surface area (Å²) in [6, 6.07) is 15.3. The molecule has 0 heterocycles. The summed E-state index contributed by atoms with van der Waals surface area (Å²) in [6.07, 6.45) is 1.58. The van der Waals surface area contributed by atoms with Crippen molar-refractivity contribution < 1.29 is 9.90 Å². The Kier molecular flexibility index (Phi) is 3.80. The van der Waals surface area contributed by atoms with Crippen LogP contribution in [0.5, 0.6) is 5.75 Å². The van der Waals surface area contributed by atoms with Crippen LogP contribution in [0.3, 0.4) is 0 Å².